The maximum absolute atomic E-state index is 14.2. The number of nitrogens with zero attached hydrogens (tertiary/aromatic N) is 2. The van der Waals surface area contributed by atoms with Crippen LogP contribution in [0.4, 0.5) is 17.6 Å². The summed E-state index contributed by atoms with van der Waals surface area (Å²) in [7, 11) is 0. The van der Waals surface area contributed by atoms with Crippen LogP contribution in [-0.4, -0.2) is 16.7 Å². The Morgan fingerprint density at radius 1 is 0.895 bits per heavy atom. The number of fused-ring (bicyclic) bond motifs is 2. The number of hydrogen-bond donors (Lipinski definition) is 1. The molecule has 0 fully saturated rings. The Hall–Kier alpha value is -3.82. The number of benzene rings is 3. The number of nitrogens with one attached hydrogen (secondary N) is 1. The summed E-state index contributed by atoms with van der Waals surface area (Å²) in [5.74, 6) is -0.255. The lowest BCUT2D eigenvalue weighted by Gasteiger charge is -2.18. The third-order valence-electron chi connectivity index (χ3n) is 6.63. The van der Waals surface area contributed by atoms with E-state index in [1.54, 1.807) is 6.07 Å². The summed E-state index contributed by atoms with van der Waals surface area (Å²) in [5.41, 5.74) is 5.26. The van der Waals surface area contributed by atoms with Gasteiger partial charge in [-0.2, -0.15) is 13.2 Å². The second kappa shape index (κ2) is 9.81. The van der Waals surface area contributed by atoms with Crippen molar-refractivity contribution in [2.75, 3.05) is 6.54 Å². The molecule has 0 bridgehead atoms. The number of halogens is 4. The zero-order valence-corrected chi connectivity index (χ0v) is 20.8. The number of thiophene rings is 1. The molecular weight excluding hydrogens is 514 g/mol. The van der Waals surface area contributed by atoms with Gasteiger partial charge >= 0.3 is 6.18 Å². The van der Waals surface area contributed by atoms with Gasteiger partial charge in [0.05, 0.1) is 10.3 Å². The van der Waals surface area contributed by atoms with Crippen molar-refractivity contribution in [3.63, 3.8) is 0 Å². The lowest BCUT2D eigenvalue weighted by molar-refractivity contribution is -0.137. The fourth-order valence-electron chi connectivity index (χ4n) is 4.65. The van der Waals surface area contributed by atoms with Gasteiger partial charge in [0.1, 0.15) is 29.6 Å². The zero-order chi connectivity index (χ0) is 26.3. The quantitative estimate of drug-likeness (QED) is 0.238. The molecule has 1 N–H and O–H groups in total. The monoisotopic (exact) mass is 535 g/mol. The van der Waals surface area contributed by atoms with Gasteiger partial charge in [-0.1, -0.05) is 24.3 Å². The summed E-state index contributed by atoms with van der Waals surface area (Å²) in [6.45, 7) is 1.76. The molecule has 0 amide bonds. The van der Waals surface area contributed by atoms with E-state index in [1.165, 1.54) is 46.7 Å². The fraction of sp³-hybridized carbons (Fsp3) is 0.172. The molecule has 38 heavy (non-hydrogen) atoms. The number of hydrogen-bond acceptors (Lipinski definition) is 5. The normalized spacial score (nSPS) is 13.5. The highest BCUT2D eigenvalue weighted by Crippen LogP contribution is 2.40. The van der Waals surface area contributed by atoms with Crippen molar-refractivity contribution in [1.82, 2.24) is 15.5 Å². The van der Waals surface area contributed by atoms with Crippen LogP contribution in [0, 0.1) is 5.82 Å². The average molecular weight is 536 g/mol. The van der Waals surface area contributed by atoms with Crippen LogP contribution in [0.15, 0.2) is 72.1 Å². The van der Waals surface area contributed by atoms with Crippen LogP contribution >= 0.6 is 11.3 Å². The molecule has 1 aliphatic heterocycles. The largest absolute Gasteiger partial charge is 0.488 e. The number of rotatable bonds is 5. The maximum Gasteiger partial charge on any atom is 0.416 e. The van der Waals surface area contributed by atoms with Crippen LogP contribution in [0.1, 0.15) is 22.3 Å². The van der Waals surface area contributed by atoms with Crippen molar-refractivity contribution in [2.24, 2.45) is 0 Å². The van der Waals surface area contributed by atoms with E-state index in [-0.39, 0.29) is 12.4 Å². The van der Waals surface area contributed by atoms with Gasteiger partial charge in [-0.25, -0.2) is 4.39 Å². The first-order valence-corrected chi connectivity index (χ1v) is 12.9. The van der Waals surface area contributed by atoms with E-state index in [0.29, 0.717) is 16.8 Å². The van der Waals surface area contributed by atoms with Gasteiger partial charge in [-0.05, 0) is 71.4 Å². The van der Waals surface area contributed by atoms with Crippen LogP contribution in [0.3, 0.4) is 0 Å². The molecule has 2 aromatic heterocycles. The molecule has 0 radical (unpaired) electrons. The van der Waals surface area contributed by atoms with Crippen LogP contribution in [0.5, 0.6) is 5.75 Å². The minimum Gasteiger partial charge on any atom is -0.488 e. The first-order valence-electron chi connectivity index (χ1n) is 12.0. The molecule has 0 spiro atoms. The van der Waals surface area contributed by atoms with Crippen molar-refractivity contribution in [1.29, 1.82) is 0 Å². The highest BCUT2D eigenvalue weighted by molar-refractivity contribution is 7.17. The number of aromatic nitrogens is 2. The standard InChI is InChI=1S/C29H21F4N3OS/c30-22-7-8-23(25(14-22)37-16-17-1-5-21(6-2-17)29(31,32)33)27-28-24(10-12-38-28)26(35-36-27)19-3-4-20-15-34-11-9-18(20)13-19/h1-8,10,12-14,34H,9,11,15-16H2. The Balaban J connectivity index is 1.34. The van der Waals surface area contributed by atoms with Crippen LogP contribution in [0.25, 0.3) is 32.6 Å². The first-order chi connectivity index (χ1) is 18.4. The summed E-state index contributed by atoms with van der Waals surface area (Å²) in [5, 5.41) is 15.4. The van der Waals surface area contributed by atoms with Crippen LogP contribution < -0.4 is 10.1 Å². The molecule has 6 rings (SSSR count). The highest BCUT2D eigenvalue weighted by Gasteiger charge is 2.30. The summed E-state index contributed by atoms with van der Waals surface area (Å²) >= 11 is 1.51. The summed E-state index contributed by atoms with van der Waals surface area (Å²) in [4.78, 5) is 0. The Kier molecular flexibility index (Phi) is 6.33. The topological polar surface area (TPSA) is 47.0 Å². The number of ether oxygens (including phenoxy) is 1. The molecule has 0 aliphatic carbocycles. The Morgan fingerprint density at radius 3 is 2.53 bits per heavy atom. The molecule has 1 aliphatic rings. The van der Waals surface area contributed by atoms with Crippen molar-refractivity contribution in [3.05, 3.63) is 100 Å². The maximum atomic E-state index is 14.2. The Bertz CT molecular complexity index is 1630. The van der Waals surface area contributed by atoms with E-state index in [0.717, 1.165) is 53.0 Å². The van der Waals surface area contributed by atoms with Gasteiger partial charge in [0, 0.05) is 29.1 Å². The second-order valence-electron chi connectivity index (χ2n) is 9.09. The first kappa shape index (κ1) is 24.5. The third kappa shape index (κ3) is 4.75. The van der Waals surface area contributed by atoms with E-state index < -0.39 is 17.6 Å². The molecule has 0 atom stereocenters. The van der Waals surface area contributed by atoms with Gasteiger partial charge in [0.25, 0.3) is 0 Å². The smallest absolute Gasteiger partial charge is 0.416 e. The van der Waals surface area contributed by atoms with Gasteiger partial charge in [0.2, 0.25) is 0 Å². The van der Waals surface area contributed by atoms with Gasteiger partial charge < -0.3 is 10.1 Å². The lowest BCUT2D eigenvalue weighted by Crippen LogP contribution is -2.23. The van der Waals surface area contributed by atoms with E-state index in [2.05, 4.69) is 33.7 Å². The molecule has 0 saturated heterocycles. The average Bonchev–Trinajstić information content (AvgIpc) is 3.41. The predicted molar refractivity (Wildman–Crippen MR) is 139 cm³/mol. The van der Waals surface area contributed by atoms with E-state index in [9.17, 15) is 17.6 Å². The molecule has 3 heterocycles. The van der Waals surface area contributed by atoms with E-state index in [1.807, 2.05) is 11.4 Å². The summed E-state index contributed by atoms with van der Waals surface area (Å²) in [6, 6.07) is 17.2. The molecular formula is C29H21F4N3OS. The van der Waals surface area contributed by atoms with Crippen LogP contribution in [0.2, 0.25) is 0 Å². The van der Waals surface area contributed by atoms with Crippen molar-refractivity contribution < 1.29 is 22.3 Å². The molecule has 4 nitrogen and oxygen atoms in total. The van der Waals surface area contributed by atoms with Gasteiger partial charge in [0.15, 0.2) is 0 Å². The Labute approximate surface area is 219 Å². The summed E-state index contributed by atoms with van der Waals surface area (Å²) in [6.07, 6.45) is -3.46. The predicted octanol–water partition coefficient (Wildman–Crippen LogP) is 7.41. The van der Waals surface area contributed by atoms with E-state index in [4.69, 9.17) is 4.74 Å². The SMILES string of the molecule is Fc1ccc(-c2nnc(-c3ccc4c(c3)CCNC4)c3ccsc23)c(OCc2ccc(C(F)(F)F)cc2)c1. The Morgan fingerprint density at radius 2 is 1.71 bits per heavy atom. The molecule has 9 heteroatoms. The minimum atomic E-state index is -4.41. The zero-order valence-electron chi connectivity index (χ0n) is 20.0. The molecule has 5 aromatic rings. The molecule has 192 valence electrons. The molecule has 0 unspecified atom stereocenters. The number of alkyl halides is 3. The van der Waals surface area contributed by atoms with Crippen LogP contribution in [-0.2, 0) is 25.7 Å². The highest BCUT2D eigenvalue weighted by atomic mass is 32.1. The summed E-state index contributed by atoms with van der Waals surface area (Å²) < 4.78 is 59.6. The van der Waals surface area contributed by atoms with E-state index >= 15 is 0 Å². The third-order valence-corrected chi connectivity index (χ3v) is 7.55. The molecule has 0 saturated carbocycles. The minimum absolute atomic E-state index is 0.0301. The van der Waals surface area contributed by atoms with Crippen molar-refractivity contribution in [3.8, 4) is 28.3 Å². The van der Waals surface area contributed by atoms with Crippen molar-refractivity contribution in [2.45, 2.75) is 25.7 Å². The van der Waals surface area contributed by atoms with Crippen molar-refractivity contribution >= 4 is 21.4 Å². The lowest BCUT2D eigenvalue weighted by atomic mass is 9.96. The van der Waals surface area contributed by atoms with Gasteiger partial charge in [-0.3, -0.25) is 0 Å². The van der Waals surface area contributed by atoms with Gasteiger partial charge in [-0.15, -0.1) is 21.5 Å². The second-order valence-corrected chi connectivity index (χ2v) is 10.0. The molecule has 3 aromatic carbocycles. The fourth-order valence-corrected chi connectivity index (χ4v) is 5.55.